The zero-order chi connectivity index (χ0) is 18.3. The van der Waals surface area contributed by atoms with Crippen LogP contribution in [0.3, 0.4) is 0 Å². The van der Waals surface area contributed by atoms with Gasteiger partial charge in [0.05, 0.1) is 10.6 Å². The maximum absolute atomic E-state index is 12.6. The Morgan fingerprint density at radius 2 is 1.68 bits per heavy atom. The molecule has 128 valence electrons. The second-order valence-electron chi connectivity index (χ2n) is 5.99. The average Bonchev–Trinajstić information content (AvgIpc) is 2.75. The lowest BCUT2D eigenvalue weighted by Crippen LogP contribution is -2.28. The molecule has 3 rings (SSSR count). The molecule has 0 saturated heterocycles. The number of hydrogen-bond acceptors (Lipinski definition) is 3. The normalized spacial score (nSPS) is 14.5. The summed E-state index contributed by atoms with van der Waals surface area (Å²) in [5.41, 5.74) is 3.78. The fourth-order valence-corrected chi connectivity index (χ4v) is 3.29. The van der Waals surface area contributed by atoms with Crippen molar-refractivity contribution in [1.29, 1.82) is 0 Å². The van der Waals surface area contributed by atoms with Gasteiger partial charge in [0.1, 0.15) is 5.70 Å². The van der Waals surface area contributed by atoms with Crippen LogP contribution in [0.4, 0.5) is 5.69 Å². The van der Waals surface area contributed by atoms with Crippen molar-refractivity contribution in [2.75, 3.05) is 12.4 Å². The lowest BCUT2D eigenvalue weighted by Gasteiger charge is -2.12. The zero-order valence-corrected chi connectivity index (χ0v) is 15.5. The van der Waals surface area contributed by atoms with Crippen LogP contribution < -0.4 is 5.32 Å². The van der Waals surface area contributed by atoms with Crippen LogP contribution >= 0.6 is 23.2 Å². The predicted molar refractivity (Wildman–Crippen MR) is 101 cm³/mol. The molecule has 1 aliphatic heterocycles. The van der Waals surface area contributed by atoms with Gasteiger partial charge < -0.3 is 5.32 Å². The molecule has 2 aromatic carbocycles. The zero-order valence-electron chi connectivity index (χ0n) is 14.0. The van der Waals surface area contributed by atoms with Crippen LogP contribution in [0.5, 0.6) is 0 Å². The summed E-state index contributed by atoms with van der Waals surface area (Å²) in [5, 5.41) is 3.89. The Hall–Kier alpha value is -2.30. The molecule has 0 radical (unpaired) electrons. The molecule has 2 amide bonds. The van der Waals surface area contributed by atoms with E-state index in [2.05, 4.69) is 5.32 Å². The quantitative estimate of drug-likeness (QED) is 0.808. The van der Waals surface area contributed by atoms with Gasteiger partial charge in [-0.3, -0.25) is 14.5 Å². The van der Waals surface area contributed by atoms with Gasteiger partial charge in [-0.15, -0.1) is 0 Å². The van der Waals surface area contributed by atoms with E-state index in [1.54, 1.807) is 18.2 Å². The number of carbonyl (C=O) groups is 2. The van der Waals surface area contributed by atoms with Crippen LogP contribution in [0, 0.1) is 13.8 Å². The first-order chi connectivity index (χ1) is 11.8. The summed E-state index contributed by atoms with van der Waals surface area (Å²) >= 11 is 12.2. The second kappa shape index (κ2) is 6.54. The van der Waals surface area contributed by atoms with E-state index in [1.807, 2.05) is 32.0 Å². The maximum Gasteiger partial charge on any atom is 0.277 e. The van der Waals surface area contributed by atoms with Gasteiger partial charge in [-0.05, 0) is 37.6 Å². The number of amides is 2. The van der Waals surface area contributed by atoms with Gasteiger partial charge in [-0.1, -0.05) is 47.0 Å². The number of likely N-dealkylation sites (N-methyl/N-ethyl adjacent to an activating group) is 1. The summed E-state index contributed by atoms with van der Waals surface area (Å²) in [5.74, 6) is -0.799. The Bertz CT molecular complexity index is 935. The molecule has 0 aromatic heterocycles. The highest BCUT2D eigenvalue weighted by molar-refractivity contribution is 6.41. The number of nitrogens with zero attached hydrogens (tertiary/aromatic N) is 1. The molecule has 0 unspecified atom stereocenters. The minimum atomic E-state index is -0.401. The highest BCUT2D eigenvalue weighted by Gasteiger charge is 2.37. The fourth-order valence-electron chi connectivity index (χ4n) is 2.79. The third-order valence-corrected chi connectivity index (χ3v) is 4.68. The number of carbonyl (C=O) groups excluding carboxylic acids is 2. The Labute approximate surface area is 156 Å². The van der Waals surface area contributed by atoms with Crippen molar-refractivity contribution in [2.24, 2.45) is 0 Å². The van der Waals surface area contributed by atoms with E-state index >= 15 is 0 Å². The third kappa shape index (κ3) is 3.15. The molecule has 0 fully saturated rings. The first-order valence-electron chi connectivity index (χ1n) is 7.66. The van der Waals surface area contributed by atoms with Gasteiger partial charge in [0.2, 0.25) is 0 Å². The van der Waals surface area contributed by atoms with E-state index in [0.29, 0.717) is 15.6 Å². The SMILES string of the molecule is Cc1ccc(NC2=C(c3ccc(Cl)cc3Cl)C(=O)N(C)C2=O)c(C)c1. The van der Waals surface area contributed by atoms with Crippen molar-refractivity contribution in [1.82, 2.24) is 4.90 Å². The van der Waals surface area contributed by atoms with E-state index in [1.165, 1.54) is 7.05 Å². The first kappa shape index (κ1) is 17.5. The third-order valence-electron chi connectivity index (χ3n) is 4.13. The fraction of sp³-hybridized carbons (Fsp3) is 0.158. The number of aryl methyl sites for hydroxylation is 2. The van der Waals surface area contributed by atoms with Gasteiger partial charge in [0.15, 0.2) is 0 Å². The van der Waals surface area contributed by atoms with Crippen LogP contribution in [0.25, 0.3) is 5.57 Å². The predicted octanol–water partition coefficient (Wildman–Crippen LogP) is 4.43. The smallest absolute Gasteiger partial charge is 0.277 e. The van der Waals surface area contributed by atoms with Crippen LogP contribution in [0.15, 0.2) is 42.1 Å². The summed E-state index contributed by atoms with van der Waals surface area (Å²) in [6.07, 6.45) is 0. The molecule has 0 bridgehead atoms. The van der Waals surface area contributed by atoms with Crippen LogP contribution in [0.1, 0.15) is 16.7 Å². The largest absolute Gasteiger partial charge is 0.350 e. The summed E-state index contributed by atoms with van der Waals surface area (Å²) in [7, 11) is 1.45. The van der Waals surface area contributed by atoms with Crippen molar-refractivity contribution in [3.8, 4) is 0 Å². The summed E-state index contributed by atoms with van der Waals surface area (Å²) in [4.78, 5) is 26.3. The van der Waals surface area contributed by atoms with E-state index < -0.39 is 11.8 Å². The monoisotopic (exact) mass is 374 g/mol. The van der Waals surface area contributed by atoms with E-state index in [-0.39, 0.29) is 11.3 Å². The molecule has 1 N–H and O–H groups in total. The molecule has 4 nitrogen and oxygen atoms in total. The van der Waals surface area contributed by atoms with Crippen molar-refractivity contribution < 1.29 is 9.59 Å². The van der Waals surface area contributed by atoms with E-state index in [4.69, 9.17) is 23.2 Å². The highest BCUT2D eigenvalue weighted by atomic mass is 35.5. The average molecular weight is 375 g/mol. The molecular formula is C19H16Cl2N2O2. The number of nitrogens with one attached hydrogen (secondary N) is 1. The van der Waals surface area contributed by atoms with Gasteiger partial charge in [-0.25, -0.2) is 0 Å². The molecule has 0 spiro atoms. The number of halogens is 2. The number of benzene rings is 2. The second-order valence-corrected chi connectivity index (χ2v) is 6.83. The number of anilines is 1. The van der Waals surface area contributed by atoms with Gasteiger partial charge in [0, 0.05) is 23.3 Å². The Kier molecular flexibility index (Phi) is 4.58. The van der Waals surface area contributed by atoms with Crippen LogP contribution in [-0.2, 0) is 9.59 Å². The van der Waals surface area contributed by atoms with Crippen molar-refractivity contribution >= 4 is 46.3 Å². The highest BCUT2D eigenvalue weighted by Crippen LogP contribution is 2.35. The Morgan fingerprint density at radius 1 is 0.960 bits per heavy atom. The summed E-state index contributed by atoms with van der Waals surface area (Å²) in [6.45, 7) is 3.93. The van der Waals surface area contributed by atoms with Crippen LogP contribution in [-0.4, -0.2) is 23.8 Å². The van der Waals surface area contributed by atoms with E-state index in [0.717, 1.165) is 21.7 Å². The topological polar surface area (TPSA) is 49.4 Å². The molecule has 2 aromatic rings. The Balaban J connectivity index is 2.15. The molecule has 6 heteroatoms. The molecule has 0 atom stereocenters. The van der Waals surface area contributed by atoms with Crippen molar-refractivity contribution in [3.63, 3.8) is 0 Å². The van der Waals surface area contributed by atoms with Crippen LogP contribution in [0.2, 0.25) is 10.0 Å². The first-order valence-corrected chi connectivity index (χ1v) is 8.41. The molecule has 1 heterocycles. The number of imide groups is 1. The van der Waals surface area contributed by atoms with E-state index in [9.17, 15) is 9.59 Å². The Morgan fingerprint density at radius 3 is 2.32 bits per heavy atom. The van der Waals surface area contributed by atoms with Gasteiger partial charge >= 0.3 is 0 Å². The molecular weight excluding hydrogens is 359 g/mol. The van der Waals surface area contributed by atoms with Crippen molar-refractivity contribution in [2.45, 2.75) is 13.8 Å². The molecule has 1 aliphatic rings. The minimum Gasteiger partial charge on any atom is -0.350 e. The van der Waals surface area contributed by atoms with Gasteiger partial charge in [0.25, 0.3) is 11.8 Å². The lowest BCUT2D eigenvalue weighted by atomic mass is 10.0. The number of rotatable bonds is 3. The molecule has 0 aliphatic carbocycles. The summed E-state index contributed by atoms with van der Waals surface area (Å²) < 4.78 is 0. The standard InChI is InChI=1S/C19H16Cl2N2O2/c1-10-4-7-15(11(2)8-10)22-17-16(18(24)23(3)19(17)25)13-6-5-12(20)9-14(13)21/h4-9,22H,1-3H3. The van der Waals surface area contributed by atoms with Crippen molar-refractivity contribution in [3.05, 3.63) is 68.8 Å². The lowest BCUT2D eigenvalue weighted by molar-refractivity contribution is -0.135. The maximum atomic E-state index is 12.6. The number of hydrogen-bond donors (Lipinski definition) is 1. The van der Waals surface area contributed by atoms with Gasteiger partial charge in [-0.2, -0.15) is 0 Å². The molecule has 0 saturated carbocycles. The summed E-state index contributed by atoms with van der Waals surface area (Å²) in [6, 6.07) is 10.7. The minimum absolute atomic E-state index is 0.212. The molecule has 25 heavy (non-hydrogen) atoms.